The number of hydrogen-bond donors (Lipinski definition) is 1. The molecule has 13 nitrogen and oxygen atoms in total. The van der Waals surface area contributed by atoms with Crippen LogP contribution in [0.2, 0.25) is 0 Å². The van der Waals surface area contributed by atoms with Gasteiger partial charge in [-0.25, -0.2) is 14.8 Å². The molecule has 0 aliphatic carbocycles. The average Bonchev–Trinajstić information content (AvgIpc) is 3.51. The number of urea groups is 1. The van der Waals surface area contributed by atoms with Crippen LogP contribution in [-0.4, -0.2) is 84.8 Å². The number of nitrogens with zero attached hydrogens (tertiary/aromatic N) is 8. The number of halogens is 3. The van der Waals surface area contributed by atoms with Crippen LogP contribution in [0.25, 0.3) is 11.3 Å². The molecule has 40 heavy (non-hydrogen) atoms. The molecular weight excluding hydrogens is 535 g/mol. The van der Waals surface area contributed by atoms with Crippen LogP contribution in [0.4, 0.5) is 23.8 Å². The van der Waals surface area contributed by atoms with Gasteiger partial charge >= 0.3 is 12.2 Å². The third-order valence-corrected chi connectivity index (χ3v) is 6.36. The van der Waals surface area contributed by atoms with E-state index in [1.54, 1.807) is 6.92 Å². The number of aliphatic imine (C=N–C) groups is 1. The Bertz CT molecular complexity index is 1520. The first-order valence-corrected chi connectivity index (χ1v) is 11.9. The molecule has 2 unspecified atom stereocenters. The molecular formula is C24H22F3N9O4. The molecule has 0 saturated carbocycles. The maximum atomic E-state index is 13.3. The van der Waals surface area contributed by atoms with Crippen molar-refractivity contribution in [2.24, 2.45) is 4.99 Å². The number of alkyl halides is 3. The van der Waals surface area contributed by atoms with E-state index in [9.17, 15) is 27.6 Å². The van der Waals surface area contributed by atoms with Crippen molar-refractivity contribution in [3.63, 3.8) is 0 Å². The molecule has 1 saturated heterocycles. The summed E-state index contributed by atoms with van der Waals surface area (Å²) in [5.41, 5.74) is -0.746. The molecule has 1 fully saturated rings. The third-order valence-electron chi connectivity index (χ3n) is 6.36. The molecule has 0 spiro atoms. The van der Waals surface area contributed by atoms with E-state index in [1.807, 2.05) is 0 Å². The first-order valence-electron chi connectivity index (χ1n) is 11.9. The number of hydrogen-bond acceptors (Lipinski definition) is 10. The van der Waals surface area contributed by atoms with Crippen LogP contribution in [0, 0.1) is 13.8 Å². The Morgan fingerprint density at radius 1 is 1.18 bits per heavy atom. The number of amides is 4. The van der Waals surface area contributed by atoms with Crippen LogP contribution in [0.15, 0.2) is 40.0 Å². The molecule has 3 aromatic heterocycles. The monoisotopic (exact) mass is 557 g/mol. The molecule has 0 radical (unpaired) electrons. The van der Waals surface area contributed by atoms with E-state index in [4.69, 9.17) is 4.52 Å². The Labute approximate surface area is 224 Å². The fourth-order valence-electron chi connectivity index (χ4n) is 4.42. The SMILES string of the molecule is Cc1nc(CN2C(=O)C3C(N=CN3CC(=O)Nc3cccc(-c4cnc(C)c(C(F)(F)F)c4)n3)N(C)C2=O)no1. The maximum Gasteiger partial charge on any atom is 0.418 e. The molecule has 0 bridgehead atoms. The number of carbonyl (C=O) groups is 3. The van der Waals surface area contributed by atoms with Gasteiger partial charge in [0, 0.05) is 31.4 Å². The zero-order chi connectivity index (χ0) is 28.8. The number of rotatable bonds is 6. The molecule has 2 aliphatic rings. The minimum Gasteiger partial charge on any atom is -0.340 e. The Morgan fingerprint density at radius 3 is 2.65 bits per heavy atom. The van der Waals surface area contributed by atoms with Crippen molar-refractivity contribution in [1.29, 1.82) is 0 Å². The minimum atomic E-state index is -4.58. The van der Waals surface area contributed by atoms with Crippen molar-refractivity contribution in [3.05, 3.63) is 53.4 Å². The number of carbonyl (C=O) groups excluding carboxylic acids is 3. The zero-order valence-electron chi connectivity index (χ0n) is 21.4. The lowest BCUT2D eigenvalue weighted by molar-refractivity contribution is -0.139. The summed E-state index contributed by atoms with van der Waals surface area (Å²) >= 11 is 0. The first kappa shape index (κ1) is 26.7. The van der Waals surface area contributed by atoms with Crippen molar-refractivity contribution in [2.45, 2.75) is 38.8 Å². The molecule has 16 heteroatoms. The van der Waals surface area contributed by atoms with Crippen LogP contribution in [0.1, 0.15) is 23.0 Å². The second-order valence-corrected chi connectivity index (χ2v) is 9.15. The number of nitrogens with one attached hydrogen (secondary N) is 1. The van der Waals surface area contributed by atoms with Gasteiger partial charge in [0.05, 0.1) is 30.7 Å². The van der Waals surface area contributed by atoms with Crippen LogP contribution < -0.4 is 5.32 Å². The summed E-state index contributed by atoms with van der Waals surface area (Å²) in [6, 6.07) is 3.87. The largest absolute Gasteiger partial charge is 0.418 e. The van der Waals surface area contributed by atoms with Gasteiger partial charge in [-0.05, 0) is 25.1 Å². The van der Waals surface area contributed by atoms with Gasteiger partial charge in [0.15, 0.2) is 18.0 Å². The van der Waals surface area contributed by atoms with Crippen LogP contribution in [0.5, 0.6) is 0 Å². The molecule has 5 rings (SSSR count). The van der Waals surface area contributed by atoms with Gasteiger partial charge in [0.2, 0.25) is 11.8 Å². The van der Waals surface area contributed by atoms with Crippen molar-refractivity contribution < 1.29 is 32.1 Å². The summed E-state index contributed by atoms with van der Waals surface area (Å²) in [5.74, 6) is -0.652. The highest BCUT2D eigenvalue weighted by atomic mass is 19.4. The van der Waals surface area contributed by atoms with E-state index in [0.717, 1.165) is 11.0 Å². The Hall–Kier alpha value is -4.89. The predicted molar refractivity (Wildman–Crippen MR) is 131 cm³/mol. The van der Waals surface area contributed by atoms with E-state index in [1.165, 1.54) is 54.5 Å². The second-order valence-electron chi connectivity index (χ2n) is 9.15. The molecule has 5 heterocycles. The molecule has 4 amide bonds. The number of pyridine rings is 2. The standard InChI is InChI=1S/C24H22F3N9O4/c1-12-15(24(25,26)27)7-14(8-28-12)16-5-4-6-17(31-16)32-19(37)10-35-11-29-21-20(35)22(38)36(23(39)34(21)3)9-18-30-13(2)40-33-18/h4-8,11,20-21H,9-10H2,1-3H3,(H,31,32,37). The molecule has 2 aliphatic heterocycles. The molecule has 3 aromatic rings. The lowest BCUT2D eigenvalue weighted by Gasteiger charge is -2.40. The lowest BCUT2D eigenvalue weighted by atomic mass is 10.1. The normalized spacial score (nSPS) is 18.9. The van der Waals surface area contributed by atoms with E-state index in [2.05, 4.69) is 30.4 Å². The third kappa shape index (κ3) is 5.06. The molecule has 0 aromatic carbocycles. The second kappa shape index (κ2) is 10.0. The highest BCUT2D eigenvalue weighted by Gasteiger charge is 2.50. The van der Waals surface area contributed by atoms with Gasteiger partial charge in [-0.15, -0.1) is 0 Å². The number of imide groups is 1. The first-order chi connectivity index (χ1) is 18.9. The van der Waals surface area contributed by atoms with Crippen molar-refractivity contribution in [1.82, 2.24) is 34.8 Å². The predicted octanol–water partition coefficient (Wildman–Crippen LogP) is 2.23. The van der Waals surface area contributed by atoms with Crippen LogP contribution >= 0.6 is 0 Å². The zero-order valence-corrected chi connectivity index (χ0v) is 21.4. The Balaban J connectivity index is 1.29. The van der Waals surface area contributed by atoms with E-state index < -0.39 is 41.8 Å². The number of anilines is 1. The molecule has 1 N–H and O–H groups in total. The van der Waals surface area contributed by atoms with Gasteiger partial charge in [0.1, 0.15) is 5.82 Å². The number of aryl methyl sites for hydroxylation is 2. The van der Waals surface area contributed by atoms with E-state index in [-0.39, 0.29) is 47.6 Å². The number of fused-ring (bicyclic) bond motifs is 1. The highest BCUT2D eigenvalue weighted by molar-refractivity contribution is 6.03. The number of likely N-dealkylation sites (N-methyl/N-ethyl adjacent to an activating group) is 1. The van der Waals surface area contributed by atoms with Gasteiger partial charge in [-0.3, -0.25) is 19.5 Å². The Kier molecular flexibility index (Phi) is 6.69. The summed E-state index contributed by atoms with van der Waals surface area (Å²) in [5, 5.41) is 6.31. The van der Waals surface area contributed by atoms with Gasteiger partial charge in [0.25, 0.3) is 5.91 Å². The summed E-state index contributed by atoms with van der Waals surface area (Å²) in [6.07, 6.45) is -2.83. The van der Waals surface area contributed by atoms with Crippen molar-refractivity contribution >= 4 is 30.0 Å². The quantitative estimate of drug-likeness (QED) is 0.481. The molecule has 2 atom stereocenters. The summed E-state index contributed by atoms with van der Waals surface area (Å²) in [6.45, 7) is 2.30. The van der Waals surface area contributed by atoms with Crippen LogP contribution in [-0.2, 0) is 22.3 Å². The summed E-state index contributed by atoms with van der Waals surface area (Å²) in [7, 11) is 1.49. The minimum absolute atomic E-state index is 0.0840. The van der Waals surface area contributed by atoms with Crippen LogP contribution in [0.3, 0.4) is 0 Å². The fourth-order valence-corrected chi connectivity index (χ4v) is 4.42. The fraction of sp³-hybridized carbons (Fsp3) is 0.333. The number of aromatic nitrogens is 4. The van der Waals surface area contributed by atoms with E-state index in [0.29, 0.717) is 0 Å². The van der Waals surface area contributed by atoms with Gasteiger partial charge in [-0.1, -0.05) is 11.2 Å². The van der Waals surface area contributed by atoms with E-state index >= 15 is 0 Å². The summed E-state index contributed by atoms with van der Waals surface area (Å²) in [4.78, 5) is 59.0. The highest BCUT2D eigenvalue weighted by Crippen LogP contribution is 2.33. The topological polar surface area (TPSA) is 150 Å². The summed E-state index contributed by atoms with van der Waals surface area (Å²) < 4.78 is 44.9. The molecule has 208 valence electrons. The van der Waals surface area contributed by atoms with Crippen molar-refractivity contribution in [2.75, 3.05) is 18.9 Å². The van der Waals surface area contributed by atoms with Gasteiger partial charge in [-0.2, -0.15) is 18.2 Å². The maximum absolute atomic E-state index is 13.3. The smallest absolute Gasteiger partial charge is 0.340 e. The van der Waals surface area contributed by atoms with Gasteiger partial charge < -0.3 is 19.6 Å². The van der Waals surface area contributed by atoms with Crippen molar-refractivity contribution in [3.8, 4) is 11.3 Å². The Morgan fingerprint density at radius 2 is 1.95 bits per heavy atom. The average molecular weight is 557 g/mol. The lowest BCUT2D eigenvalue weighted by Crippen LogP contribution is -2.64.